The SMILES string of the molecule is O=C(Nc1ccccc1Cc1ccccc1)C1=CC2(CCNCC2)Oc2ccccc21. The lowest BCUT2D eigenvalue weighted by atomic mass is 9.85. The third-order valence-electron chi connectivity index (χ3n) is 6.10. The smallest absolute Gasteiger partial charge is 0.256 e. The maximum absolute atomic E-state index is 13.5. The van der Waals surface area contributed by atoms with Gasteiger partial charge in [0, 0.05) is 24.1 Å². The first-order chi connectivity index (χ1) is 15.2. The van der Waals surface area contributed by atoms with Crippen LogP contribution in [0.4, 0.5) is 5.69 Å². The molecule has 3 aromatic rings. The molecule has 0 aliphatic carbocycles. The average molecular weight is 411 g/mol. The van der Waals surface area contributed by atoms with Crippen molar-refractivity contribution >= 4 is 17.2 Å². The Balaban J connectivity index is 1.46. The van der Waals surface area contributed by atoms with Gasteiger partial charge >= 0.3 is 0 Å². The predicted molar refractivity (Wildman–Crippen MR) is 124 cm³/mol. The van der Waals surface area contributed by atoms with Crippen molar-refractivity contribution in [2.45, 2.75) is 24.9 Å². The Hall–Kier alpha value is -3.37. The summed E-state index contributed by atoms with van der Waals surface area (Å²) in [4.78, 5) is 13.5. The fourth-order valence-corrected chi connectivity index (χ4v) is 4.45. The second kappa shape index (κ2) is 8.40. The number of carbonyl (C=O) groups excluding carboxylic acids is 1. The lowest BCUT2D eigenvalue weighted by molar-refractivity contribution is -0.111. The number of carbonyl (C=O) groups is 1. The first-order valence-electron chi connectivity index (χ1n) is 10.9. The normalized spacial score (nSPS) is 16.7. The van der Waals surface area contributed by atoms with Crippen molar-refractivity contribution in [3.8, 4) is 5.75 Å². The van der Waals surface area contributed by atoms with Gasteiger partial charge in [-0.3, -0.25) is 4.79 Å². The summed E-state index contributed by atoms with van der Waals surface area (Å²) in [5.74, 6) is 0.698. The Morgan fingerprint density at radius 2 is 1.61 bits per heavy atom. The van der Waals surface area contributed by atoms with Crippen LogP contribution in [0.15, 0.2) is 84.9 Å². The van der Waals surface area contributed by atoms with E-state index in [0.29, 0.717) is 5.57 Å². The van der Waals surface area contributed by atoms with Gasteiger partial charge in [0.25, 0.3) is 5.91 Å². The van der Waals surface area contributed by atoms with E-state index >= 15 is 0 Å². The Labute approximate surface area is 183 Å². The van der Waals surface area contributed by atoms with E-state index < -0.39 is 5.60 Å². The average Bonchev–Trinajstić information content (AvgIpc) is 2.81. The van der Waals surface area contributed by atoms with Gasteiger partial charge < -0.3 is 15.4 Å². The van der Waals surface area contributed by atoms with Crippen LogP contribution in [-0.2, 0) is 11.2 Å². The van der Waals surface area contributed by atoms with Crippen molar-refractivity contribution in [2.75, 3.05) is 18.4 Å². The zero-order valence-corrected chi connectivity index (χ0v) is 17.4. The van der Waals surface area contributed by atoms with Gasteiger partial charge in [0.2, 0.25) is 0 Å². The van der Waals surface area contributed by atoms with Gasteiger partial charge in [-0.2, -0.15) is 0 Å². The second-order valence-corrected chi connectivity index (χ2v) is 8.24. The topological polar surface area (TPSA) is 50.4 Å². The van der Waals surface area contributed by atoms with Crippen LogP contribution in [0.5, 0.6) is 5.75 Å². The van der Waals surface area contributed by atoms with E-state index in [0.717, 1.165) is 54.9 Å². The molecule has 1 spiro atoms. The first kappa shape index (κ1) is 19.6. The van der Waals surface area contributed by atoms with Gasteiger partial charge in [0.05, 0.1) is 5.57 Å². The monoisotopic (exact) mass is 410 g/mol. The fourth-order valence-electron chi connectivity index (χ4n) is 4.45. The maximum atomic E-state index is 13.5. The van der Waals surface area contributed by atoms with Gasteiger partial charge in [-0.15, -0.1) is 0 Å². The number of rotatable bonds is 4. The number of benzene rings is 3. The highest BCUT2D eigenvalue weighted by Gasteiger charge is 2.38. The number of amides is 1. The van der Waals surface area contributed by atoms with E-state index in [2.05, 4.69) is 28.8 Å². The van der Waals surface area contributed by atoms with Crippen molar-refractivity contribution in [1.29, 1.82) is 0 Å². The summed E-state index contributed by atoms with van der Waals surface area (Å²) in [5.41, 5.74) is 4.28. The lowest BCUT2D eigenvalue weighted by Gasteiger charge is -2.39. The van der Waals surface area contributed by atoms with Crippen molar-refractivity contribution in [3.63, 3.8) is 0 Å². The molecule has 0 saturated carbocycles. The molecule has 156 valence electrons. The minimum Gasteiger partial charge on any atom is -0.482 e. The molecule has 3 aromatic carbocycles. The number of anilines is 1. The number of nitrogens with one attached hydrogen (secondary N) is 2. The van der Waals surface area contributed by atoms with E-state index in [-0.39, 0.29) is 5.91 Å². The summed E-state index contributed by atoms with van der Waals surface area (Å²) in [5, 5.41) is 6.57. The summed E-state index contributed by atoms with van der Waals surface area (Å²) >= 11 is 0. The molecule has 0 atom stereocenters. The molecule has 4 heteroatoms. The van der Waals surface area contributed by atoms with Crippen molar-refractivity contribution < 1.29 is 9.53 Å². The molecule has 5 rings (SSSR count). The number of ether oxygens (including phenoxy) is 1. The van der Waals surface area contributed by atoms with Crippen LogP contribution < -0.4 is 15.4 Å². The Bertz CT molecular complexity index is 1110. The van der Waals surface area contributed by atoms with Gasteiger partial charge in [0.1, 0.15) is 11.4 Å². The molecule has 0 bridgehead atoms. The molecule has 2 aliphatic heterocycles. The number of hydrogen-bond donors (Lipinski definition) is 2. The van der Waals surface area contributed by atoms with Crippen LogP contribution in [0.1, 0.15) is 29.5 Å². The third kappa shape index (κ3) is 4.12. The summed E-state index contributed by atoms with van der Waals surface area (Å²) in [6.07, 6.45) is 4.52. The highest BCUT2D eigenvalue weighted by Crippen LogP contribution is 2.40. The quantitative estimate of drug-likeness (QED) is 0.649. The first-order valence-corrected chi connectivity index (χ1v) is 10.9. The van der Waals surface area contributed by atoms with Crippen LogP contribution in [0.25, 0.3) is 5.57 Å². The summed E-state index contributed by atoms with van der Waals surface area (Å²) < 4.78 is 6.40. The van der Waals surface area contributed by atoms with Crippen LogP contribution in [0.2, 0.25) is 0 Å². The zero-order chi connectivity index (χ0) is 21.1. The summed E-state index contributed by atoms with van der Waals surface area (Å²) in [6, 6.07) is 26.2. The Kier molecular flexibility index (Phi) is 5.31. The van der Waals surface area contributed by atoms with Gasteiger partial charge in [-0.05, 0) is 48.8 Å². The fraction of sp³-hybridized carbons (Fsp3) is 0.222. The van der Waals surface area contributed by atoms with Gasteiger partial charge in [-0.1, -0.05) is 66.7 Å². The number of para-hydroxylation sites is 2. The molecule has 2 heterocycles. The zero-order valence-electron chi connectivity index (χ0n) is 17.4. The van der Waals surface area contributed by atoms with Gasteiger partial charge in [0.15, 0.2) is 0 Å². The molecular formula is C27H26N2O2. The van der Waals surface area contributed by atoms with E-state index in [1.807, 2.05) is 66.7 Å². The molecule has 1 saturated heterocycles. The van der Waals surface area contributed by atoms with Crippen LogP contribution in [0, 0.1) is 0 Å². The number of piperidine rings is 1. The largest absolute Gasteiger partial charge is 0.482 e. The van der Waals surface area contributed by atoms with E-state index in [4.69, 9.17) is 4.74 Å². The van der Waals surface area contributed by atoms with Crippen LogP contribution in [0.3, 0.4) is 0 Å². The standard InChI is InChI=1S/C27H26N2O2/c30-26(29-24-12-6-4-10-21(24)18-20-8-2-1-3-9-20)23-19-27(14-16-28-17-15-27)31-25-13-7-5-11-22(23)25/h1-13,19,28H,14-18H2,(H,29,30). The molecule has 31 heavy (non-hydrogen) atoms. The van der Waals surface area contributed by atoms with E-state index in [9.17, 15) is 4.79 Å². The minimum atomic E-state index is -0.421. The highest BCUT2D eigenvalue weighted by atomic mass is 16.5. The highest BCUT2D eigenvalue weighted by molar-refractivity contribution is 6.26. The Morgan fingerprint density at radius 1 is 0.903 bits per heavy atom. The molecular weight excluding hydrogens is 384 g/mol. The van der Waals surface area contributed by atoms with Crippen molar-refractivity contribution in [3.05, 3.63) is 102 Å². The number of fused-ring (bicyclic) bond motifs is 1. The van der Waals surface area contributed by atoms with Crippen molar-refractivity contribution in [2.24, 2.45) is 0 Å². The third-order valence-corrected chi connectivity index (χ3v) is 6.10. The maximum Gasteiger partial charge on any atom is 0.256 e. The molecule has 0 aromatic heterocycles. The molecule has 4 nitrogen and oxygen atoms in total. The molecule has 1 fully saturated rings. The minimum absolute atomic E-state index is 0.0887. The molecule has 0 radical (unpaired) electrons. The molecule has 2 N–H and O–H groups in total. The molecule has 1 amide bonds. The predicted octanol–water partition coefficient (Wildman–Crippen LogP) is 4.81. The van der Waals surface area contributed by atoms with Crippen LogP contribution >= 0.6 is 0 Å². The van der Waals surface area contributed by atoms with Gasteiger partial charge in [-0.25, -0.2) is 0 Å². The van der Waals surface area contributed by atoms with E-state index in [1.54, 1.807) is 0 Å². The van der Waals surface area contributed by atoms with Crippen molar-refractivity contribution in [1.82, 2.24) is 5.32 Å². The Morgan fingerprint density at radius 3 is 2.45 bits per heavy atom. The summed E-state index contributed by atoms with van der Waals surface area (Å²) in [7, 11) is 0. The lowest BCUT2D eigenvalue weighted by Crippen LogP contribution is -2.46. The number of hydrogen-bond acceptors (Lipinski definition) is 3. The molecule has 2 aliphatic rings. The van der Waals surface area contributed by atoms with E-state index in [1.165, 1.54) is 5.56 Å². The summed E-state index contributed by atoms with van der Waals surface area (Å²) in [6.45, 7) is 1.76. The second-order valence-electron chi connectivity index (χ2n) is 8.24. The van der Waals surface area contributed by atoms with Crippen LogP contribution in [-0.4, -0.2) is 24.6 Å². The molecule has 0 unspecified atom stereocenters.